The maximum absolute atomic E-state index is 12.1. The third-order valence-electron chi connectivity index (χ3n) is 4.03. The lowest BCUT2D eigenvalue weighted by atomic mass is 10.1. The Balaban J connectivity index is 1.62. The van der Waals surface area contributed by atoms with Gasteiger partial charge in [0.15, 0.2) is 0 Å². The van der Waals surface area contributed by atoms with E-state index in [4.69, 9.17) is 9.84 Å². The lowest BCUT2D eigenvalue weighted by Gasteiger charge is -2.09. The summed E-state index contributed by atoms with van der Waals surface area (Å²) in [6, 6.07) is 13.8. The molecule has 0 aliphatic carbocycles. The number of amides is 1. The van der Waals surface area contributed by atoms with Crippen LogP contribution in [-0.2, 0) is 4.79 Å². The molecule has 1 heterocycles. The normalized spacial score (nSPS) is 11.0. The van der Waals surface area contributed by atoms with Gasteiger partial charge in [-0.25, -0.2) is 10.2 Å². The summed E-state index contributed by atoms with van der Waals surface area (Å²) in [4.78, 5) is 28.4. The topological polar surface area (TPSA) is 101 Å². The number of carbonyl (C=O) groups is 2. The van der Waals surface area contributed by atoms with Crippen molar-refractivity contribution in [2.75, 3.05) is 12.9 Å². The fourth-order valence-corrected chi connectivity index (χ4v) is 3.54. The number of methoxy groups -OCH3 is 1. The van der Waals surface area contributed by atoms with Crippen molar-refractivity contribution in [2.45, 2.75) is 11.8 Å². The summed E-state index contributed by atoms with van der Waals surface area (Å²) in [7, 11) is 1.61. The third kappa shape index (κ3) is 5.32. The number of nitrogens with zero attached hydrogens (tertiary/aromatic N) is 2. The SMILES string of the molecule is COc1ccc2nc(C)cc(SCC(=O)NN=Cc3ccc(C(=O)O)cc3)c2c1. The van der Waals surface area contributed by atoms with Gasteiger partial charge >= 0.3 is 5.97 Å². The molecule has 0 aliphatic rings. The first kappa shape index (κ1) is 20.3. The minimum absolute atomic E-state index is 0.186. The minimum atomic E-state index is -0.990. The Labute approximate surface area is 171 Å². The summed E-state index contributed by atoms with van der Waals surface area (Å²) in [5.41, 5.74) is 5.07. The Bertz CT molecular complexity index is 1080. The van der Waals surface area contributed by atoms with Gasteiger partial charge in [-0.05, 0) is 48.9 Å². The Morgan fingerprint density at radius 1 is 1.21 bits per heavy atom. The van der Waals surface area contributed by atoms with Crippen LogP contribution in [-0.4, -0.2) is 41.0 Å². The van der Waals surface area contributed by atoms with Gasteiger partial charge in [0.2, 0.25) is 5.91 Å². The minimum Gasteiger partial charge on any atom is -0.497 e. The number of hydrogen-bond donors (Lipinski definition) is 2. The van der Waals surface area contributed by atoms with Crippen LogP contribution in [0, 0.1) is 6.92 Å². The monoisotopic (exact) mass is 409 g/mol. The van der Waals surface area contributed by atoms with E-state index in [1.54, 1.807) is 19.2 Å². The lowest BCUT2D eigenvalue weighted by Crippen LogP contribution is -2.19. The van der Waals surface area contributed by atoms with E-state index < -0.39 is 5.97 Å². The van der Waals surface area contributed by atoms with Crippen LogP contribution in [0.1, 0.15) is 21.6 Å². The first-order chi connectivity index (χ1) is 14.0. The van der Waals surface area contributed by atoms with Crippen molar-refractivity contribution in [1.82, 2.24) is 10.4 Å². The van der Waals surface area contributed by atoms with Gasteiger partial charge < -0.3 is 9.84 Å². The van der Waals surface area contributed by atoms with Crippen LogP contribution in [0.5, 0.6) is 5.75 Å². The molecule has 3 rings (SSSR count). The van der Waals surface area contributed by atoms with Gasteiger partial charge in [0.25, 0.3) is 0 Å². The summed E-state index contributed by atoms with van der Waals surface area (Å²) >= 11 is 1.40. The molecule has 148 valence electrons. The largest absolute Gasteiger partial charge is 0.497 e. The average molecular weight is 409 g/mol. The Hall–Kier alpha value is -3.39. The number of rotatable bonds is 7. The summed E-state index contributed by atoms with van der Waals surface area (Å²) in [5, 5.41) is 13.7. The van der Waals surface area contributed by atoms with Gasteiger partial charge in [-0.2, -0.15) is 5.10 Å². The number of benzene rings is 2. The van der Waals surface area contributed by atoms with Crippen LogP contribution < -0.4 is 10.2 Å². The van der Waals surface area contributed by atoms with Gasteiger partial charge in [-0.1, -0.05) is 12.1 Å². The van der Waals surface area contributed by atoms with E-state index in [0.29, 0.717) is 5.56 Å². The number of pyridine rings is 1. The maximum atomic E-state index is 12.1. The number of thioether (sulfide) groups is 1. The molecule has 0 aliphatic heterocycles. The molecule has 3 aromatic rings. The highest BCUT2D eigenvalue weighted by Gasteiger charge is 2.09. The molecule has 1 amide bonds. The molecule has 8 heteroatoms. The lowest BCUT2D eigenvalue weighted by molar-refractivity contribution is -0.118. The molecule has 0 saturated heterocycles. The smallest absolute Gasteiger partial charge is 0.335 e. The molecule has 29 heavy (non-hydrogen) atoms. The molecule has 0 saturated carbocycles. The molecule has 7 nitrogen and oxygen atoms in total. The highest BCUT2D eigenvalue weighted by atomic mass is 32.2. The van der Waals surface area contributed by atoms with E-state index in [-0.39, 0.29) is 17.2 Å². The number of carboxylic acids is 1. The molecular weight excluding hydrogens is 390 g/mol. The zero-order valence-electron chi connectivity index (χ0n) is 15.9. The number of hydrogen-bond acceptors (Lipinski definition) is 6. The summed E-state index contributed by atoms with van der Waals surface area (Å²) in [6.07, 6.45) is 1.46. The number of aryl methyl sites for hydroxylation is 1. The quantitative estimate of drug-likeness (QED) is 0.352. The van der Waals surface area contributed by atoms with Gasteiger partial charge in [0.1, 0.15) is 5.75 Å². The molecule has 0 atom stereocenters. The molecule has 1 aromatic heterocycles. The van der Waals surface area contributed by atoms with Crippen molar-refractivity contribution in [3.05, 3.63) is 65.4 Å². The van der Waals surface area contributed by atoms with E-state index in [2.05, 4.69) is 15.5 Å². The van der Waals surface area contributed by atoms with Gasteiger partial charge in [-0.15, -0.1) is 11.8 Å². The molecule has 0 radical (unpaired) electrons. The molecular formula is C21H19N3O4S. The molecule has 0 bridgehead atoms. The van der Waals surface area contributed by atoms with E-state index in [1.807, 2.05) is 31.2 Å². The van der Waals surface area contributed by atoms with Gasteiger partial charge in [0, 0.05) is 16.0 Å². The number of aromatic nitrogens is 1. The molecule has 0 spiro atoms. The van der Waals surface area contributed by atoms with Crippen LogP contribution >= 0.6 is 11.8 Å². The predicted molar refractivity (Wildman–Crippen MR) is 113 cm³/mol. The summed E-state index contributed by atoms with van der Waals surface area (Å²) in [5.74, 6) is -0.326. The standard InChI is InChI=1S/C21H19N3O4S/c1-13-9-19(17-10-16(28-2)7-8-18(17)23-13)29-12-20(25)24-22-11-14-3-5-15(6-4-14)21(26)27/h3-11H,12H2,1-2H3,(H,24,25)(H,26,27). The number of hydrazone groups is 1. The van der Waals surface area contributed by atoms with Gasteiger partial charge in [0.05, 0.1) is 30.2 Å². The maximum Gasteiger partial charge on any atom is 0.335 e. The predicted octanol–water partition coefficient (Wildman–Crippen LogP) is 3.49. The van der Waals surface area contributed by atoms with E-state index in [9.17, 15) is 9.59 Å². The first-order valence-electron chi connectivity index (χ1n) is 8.70. The number of carboxylic acid groups (broad SMARTS) is 1. The van der Waals surface area contributed by atoms with Crippen LogP contribution in [0.2, 0.25) is 0 Å². The van der Waals surface area contributed by atoms with Crippen molar-refractivity contribution in [3.8, 4) is 5.75 Å². The number of carbonyl (C=O) groups excluding carboxylic acids is 1. The average Bonchev–Trinajstić information content (AvgIpc) is 2.72. The van der Waals surface area contributed by atoms with Crippen LogP contribution in [0.25, 0.3) is 10.9 Å². The third-order valence-corrected chi connectivity index (χ3v) is 5.08. The highest BCUT2D eigenvalue weighted by Crippen LogP contribution is 2.30. The molecule has 2 N–H and O–H groups in total. The zero-order chi connectivity index (χ0) is 20.8. The van der Waals surface area contributed by atoms with E-state index >= 15 is 0 Å². The van der Waals surface area contributed by atoms with Crippen molar-refractivity contribution < 1.29 is 19.4 Å². The van der Waals surface area contributed by atoms with Crippen LogP contribution in [0.15, 0.2) is 58.5 Å². The Morgan fingerprint density at radius 2 is 1.97 bits per heavy atom. The molecule has 0 fully saturated rings. The van der Waals surface area contributed by atoms with E-state index in [1.165, 1.54) is 30.1 Å². The zero-order valence-corrected chi connectivity index (χ0v) is 16.7. The fourth-order valence-electron chi connectivity index (χ4n) is 2.61. The molecule has 2 aromatic carbocycles. The van der Waals surface area contributed by atoms with Crippen LogP contribution in [0.4, 0.5) is 0 Å². The van der Waals surface area contributed by atoms with Crippen molar-refractivity contribution >= 4 is 40.8 Å². The Kier molecular flexibility index (Phi) is 6.46. The Morgan fingerprint density at radius 3 is 2.66 bits per heavy atom. The van der Waals surface area contributed by atoms with Crippen molar-refractivity contribution in [1.29, 1.82) is 0 Å². The highest BCUT2D eigenvalue weighted by molar-refractivity contribution is 8.00. The number of fused-ring (bicyclic) bond motifs is 1. The van der Waals surface area contributed by atoms with E-state index in [0.717, 1.165) is 27.2 Å². The van der Waals surface area contributed by atoms with Crippen molar-refractivity contribution in [3.63, 3.8) is 0 Å². The van der Waals surface area contributed by atoms with Crippen LogP contribution in [0.3, 0.4) is 0 Å². The summed E-state index contributed by atoms with van der Waals surface area (Å²) in [6.45, 7) is 1.91. The number of nitrogens with one attached hydrogen (secondary N) is 1. The number of aromatic carboxylic acids is 1. The van der Waals surface area contributed by atoms with Crippen molar-refractivity contribution in [2.24, 2.45) is 5.10 Å². The first-order valence-corrected chi connectivity index (χ1v) is 9.68. The van der Waals surface area contributed by atoms with Gasteiger partial charge in [-0.3, -0.25) is 9.78 Å². The second-order valence-electron chi connectivity index (χ2n) is 6.15. The number of ether oxygens (including phenoxy) is 1. The summed E-state index contributed by atoms with van der Waals surface area (Å²) < 4.78 is 5.28. The fraction of sp³-hybridized carbons (Fsp3) is 0.143. The molecule has 0 unspecified atom stereocenters. The second-order valence-corrected chi connectivity index (χ2v) is 7.17. The second kappa shape index (κ2) is 9.20.